The third-order valence-corrected chi connectivity index (χ3v) is 20.2. The van der Waals surface area contributed by atoms with Gasteiger partial charge in [0.05, 0.1) is 31.5 Å². The zero-order valence-electron chi connectivity index (χ0n) is 65.6. The van der Waals surface area contributed by atoms with Gasteiger partial charge in [0.1, 0.15) is 11.1 Å². The van der Waals surface area contributed by atoms with E-state index in [1.807, 2.05) is 97.0 Å². The Balaban J connectivity index is 0.000000290. The number of nitro groups is 3. The second-order valence-electron chi connectivity index (χ2n) is 29.9. The van der Waals surface area contributed by atoms with E-state index in [1.165, 1.54) is 47.5 Å². The van der Waals surface area contributed by atoms with Crippen LogP contribution in [0.15, 0.2) is 174 Å². The van der Waals surface area contributed by atoms with E-state index in [4.69, 9.17) is 36.0 Å². The molecule has 6 aromatic rings. The molecule has 2 fully saturated rings. The summed E-state index contributed by atoms with van der Waals surface area (Å²) in [4.78, 5) is 53.1. The first-order chi connectivity index (χ1) is 52.8. The molecule has 622 valence electrons. The molecule has 1 saturated carbocycles. The number of ether oxygens (including phenoxy) is 2. The summed E-state index contributed by atoms with van der Waals surface area (Å²) in [6.45, 7) is 27.4. The average Bonchev–Trinajstić information content (AvgIpc) is 1.56. The Hall–Kier alpha value is -8.71. The third-order valence-electron chi connectivity index (χ3n) is 19.7. The van der Waals surface area contributed by atoms with Crippen LogP contribution in [0.2, 0.25) is 0 Å². The van der Waals surface area contributed by atoms with Crippen molar-refractivity contribution in [1.29, 1.82) is 0 Å². The molecular weight excluding hydrogens is 1560 g/mol. The molecule has 0 bridgehead atoms. The first-order valence-electron chi connectivity index (χ1n) is 37.3. The fourth-order valence-electron chi connectivity index (χ4n) is 13.6. The van der Waals surface area contributed by atoms with Gasteiger partial charge in [-0.1, -0.05) is 149 Å². The Morgan fingerprint density at radius 1 is 0.596 bits per heavy atom. The number of aryl methyl sites for hydroxylation is 2. The smallest absolute Gasteiger partial charge is 0.400 e. The molecule has 11 rings (SSSR count). The number of anilines is 1. The second-order valence-corrected chi connectivity index (χ2v) is 30.9. The zero-order chi connectivity index (χ0) is 84.5. The summed E-state index contributed by atoms with van der Waals surface area (Å²) in [6.07, 6.45) is 1.43. The summed E-state index contributed by atoms with van der Waals surface area (Å²) >= 11 is 3.16. The van der Waals surface area contributed by atoms with Crippen molar-refractivity contribution in [3.8, 4) is 0 Å². The normalized spacial score (nSPS) is 20.3. The van der Waals surface area contributed by atoms with E-state index in [0.717, 1.165) is 90.3 Å². The SMILES string of the molecule is C.C=CC(OCC)OCC.CC1CC(=O)C=C(B2OC(C)(C)C(C)(C)O2)C1.CC1CC(=O)C=C(c2ccc(C(F)(F)F)c([N+](=O)[O-])c2)C1.C[C@@H]1CC(c2ccc(C(F)(F)F)c(N)c2)C[C@H](N)C1.C[C@@H]1CC(c2ccc(C(F)(F)F)c([N+](=O)[O-])c2)=C[C@H](CCc2ccccc2)C1.Cc1ccc(Br)cc1[N+](=O)[O-].NCc1ccccc1. The zero-order valence-corrected chi connectivity index (χ0v) is 67.2. The molecule has 6 N–H and O–H groups in total. The molecule has 0 aromatic heterocycles. The lowest BCUT2D eigenvalue weighted by Crippen LogP contribution is -2.41. The van der Waals surface area contributed by atoms with E-state index in [0.29, 0.717) is 91.9 Å². The van der Waals surface area contributed by atoms with Gasteiger partial charge in [0.2, 0.25) is 0 Å². The van der Waals surface area contributed by atoms with Crippen LogP contribution in [0.5, 0.6) is 0 Å². The molecule has 29 heteroatoms. The quantitative estimate of drug-likeness (QED) is 0.0154. The molecule has 1 saturated heterocycles. The fourth-order valence-corrected chi connectivity index (χ4v) is 13.9. The molecule has 5 aliphatic rings. The van der Waals surface area contributed by atoms with E-state index in [1.54, 1.807) is 31.2 Å². The van der Waals surface area contributed by atoms with Crippen molar-refractivity contribution in [2.45, 2.75) is 209 Å². The number of ketones is 2. The number of hydrogen-bond acceptors (Lipinski definition) is 15. The molecule has 18 nitrogen and oxygen atoms in total. The Morgan fingerprint density at radius 2 is 1.07 bits per heavy atom. The standard InChI is InChI=1S/C22H22F3NO2.C14H19F3N2.C14H12F3NO3.C13H21BO3.C7H6BrNO2.C7H9N.C7H14O2.CH4/c1-15-11-17(8-7-16-5-3-2-4-6-16)13-19(12-15)18-9-10-20(22(23,24)25)21(14-18)26(27)28;1-8-4-10(6-11(18)5-8)9-2-3-12(13(19)7-9)14(15,16)17;1-8-4-10(6-11(19)5-8)9-2-3-12(14(15,16)17)13(7-9)18(20)21;1-9-6-10(8-11(15)7-9)14-16-12(2,3)13(4,5)17-14;1-5-2-3-6(8)4-7(5)9(10)11;8-6-7-4-2-1-3-5-7;1-4-7(8-5-2)9-6-3;/h2-6,9-10,13-15,17H,7-8,11-12H2,1H3;2-3,7-8,10-11H,4-6,18-19H2,1H3;2-3,6-8H,4-5H2,1H3;8-9H,6-7H2,1-5H3;2-4H,1H3;1-5H,6,8H2;4,7H,1,5-6H2,2-3H3;1H4/t15-,17+;8-,10?,11-;;;;;;/m01....../s1. The number of halogens is 10. The summed E-state index contributed by atoms with van der Waals surface area (Å²) in [7, 11) is -0.355. The minimum Gasteiger partial charge on any atom is -0.400 e. The molecule has 1 heterocycles. The first-order valence-corrected chi connectivity index (χ1v) is 38.1. The molecule has 114 heavy (non-hydrogen) atoms. The van der Waals surface area contributed by atoms with Gasteiger partial charge in [-0.2, -0.15) is 39.5 Å². The summed E-state index contributed by atoms with van der Waals surface area (Å²) in [5.41, 5.74) is 18.2. The van der Waals surface area contributed by atoms with Crippen LogP contribution >= 0.6 is 15.9 Å². The highest BCUT2D eigenvalue weighted by Crippen LogP contribution is 2.45. The number of nitrogen functional groups attached to an aromatic ring is 1. The van der Waals surface area contributed by atoms with Gasteiger partial charge < -0.3 is 36.0 Å². The van der Waals surface area contributed by atoms with Crippen molar-refractivity contribution in [3.05, 3.63) is 255 Å². The molecular formula is C85H107BBrF9N6O12. The van der Waals surface area contributed by atoms with E-state index in [-0.39, 0.29) is 83.3 Å². The van der Waals surface area contributed by atoms with Gasteiger partial charge in [-0.15, -0.1) is 0 Å². The van der Waals surface area contributed by atoms with Crippen LogP contribution < -0.4 is 17.2 Å². The van der Waals surface area contributed by atoms with Crippen molar-refractivity contribution in [3.63, 3.8) is 0 Å². The molecule has 4 aliphatic carbocycles. The summed E-state index contributed by atoms with van der Waals surface area (Å²) in [5.74, 6) is 1.92. The highest BCUT2D eigenvalue weighted by molar-refractivity contribution is 9.10. The summed E-state index contributed by atoms with van der Waals surface area (Å²) < 4.78 is 138. The van der Waals surface area contributed by atoms with Gasteiger partial charge in [-0.05, 0) is 235 Å². The van der Waals surface area contributed by atoms with E-state index in [2.05, 4.69) is 61.5 Å². The topological polar surface area (TPSA) is 279 Å². The van der Waals surface area contributed by atoms with Gasteiger partial charge in [0.15, 0.2) is 17.9 Å². The Morgan fingerprint density at radius 3 is 1.50 bits per heavy atom. The largest absolute Gasteiger partial charge is 0.490 e. The maximum Gasteiger partial charge on any atom is 0.490 e. The maximum absolute atomic E-state index is 13.0. The monoisotopic (exact) mass is 1660 g/mol. The van der Waals surface area contributed by atoms with Gasteiger partial charge in [0.25, 0.3) is 17.1 Å². The van der Waals surface area contributed by atoms with Crippen LogP contribution in [-0.2, 0) is 59.9 Å². The van der Waals surface area contributed by atoms with Crippen molar-refractivity contribution >= 4 is 68.5 Å². The molecule has 0 spiro atoms. The number of nitrogens with zero attached hydrogens (tertiary/aromatic N) is 3. The summed E-state index contributed by atoms with van der Waals surface area (Å²) in [6, 6.07) is 35.3. The predicted molar refractivity (Wildman–Crippen MR) is 433 cm³/mol. The lowest BCUT2D eigenvalue weighted by atomic mass is 9.70. The van der Waals surface area contributed by atoms with Crippen LogP contribution in [0.1, 0.15) is 197 Å². The molecule has 3 unspecified atom stereocenters. The Kier molecular flexibility index (Phi) is 38.0. The minimum absolute atomic E-state index is 0. The Bertz CT molecular complexity index is 4240. The van der Waals surface area contributed by atoms with Crippen LogP contribution in [0.4, 0.5) is 62.3 Å². The number of rotatable bonds is 16. The van der Waals surface area contributed by atoms with Crippen LogP contribution in [0, 0.1) is 66.9 Å². The highest BCUT2D eigenvalue weighted by Gasteiger charge is 2.53. The number of carbonyl (C=O) groups is 2. The van der Waals surface area contributed by atoms with Gasteiger partial charge in [0, 0.05) is 72.6 Å². The van der Waals surface area contributed by atoms with E-state index >= 15 is 0 Å². The second kappa shape index (κ2) is 44.4. The molecule has 0 amide bonds. The first kappa shape index (κ1) is 97.7. The molecule has 7 atom stereocenters. The number of nitrogens with two attached hydrogens (primary N) is 3. The number of allylic oxidation sites excluding steroid dienone is 6. The molecule has 1 aliphatic heterocycles. The average molecular weight is 1670 g/mol. The van der Waals surface area contributed by atoms with Crippen molar-refractivity contribution in [2.75, 3.05) is 18.9 Å². The molecule has 0 radical (unpaired) electrons. The summed E-state index contributed by atoms with van der Waals surface area (Å²) in [5, 5.41) is 32.4. The number of carbonyl (C=O) groups excluding carboxylic acids is 2. The lowest BCUT2D eigenvalue weighted by molar-refractivity contribution is -0.388. The predicted octanol–water partition coefficient (Wildman–Crippen LogP) is 22.8. The number of alkyl halides is 9. The van der Waals surface area contributed by atoms with Crippen molar-refractivity contribution in [1.82, 2.24) is 0 Å². The van der Waals surface area contributed by atoms with E-state index < -0.39 is 56.4 Å². The number of hydrogen-bond donors (Lipinski definition) is 3. The highest BCUT2D eigenvalue weighted by atomic mass is 79.9. The number of nitro benzene ring substituents is 3. The van der Waals surface area contributed by atoms with Crippen LogP contribution in [-0.4, -0.2) is 70.2 Å². The van der Waals surface area contributed by atoms with Gasteiger partial charge in [-0.25, -0.2) is 0 Å². The van der Waals surface area contributed by atoms with Crippen molar-refractivity contribution < 1.29 is 82.7 Å². The van der Waals surface area contributed by atoms with Crippen molar-refractivity contribution in [2.24, 2.45) is 41.1 Å². The van der Waals surface area contributed by atoms with Crippen LogP contribution in [0.25, 0.3) is 11.1 Å². The van der Waals surface area contributed by atoms with Crippen LogP contribution in [0.3, 0.4) is 0 Å². The lowest BCUT2D eigenvalue weighted by Gasteiger charge is -2.32. The van der Waals surface area contributed by atoms with E-state index in [9.17, 15) is 79.4 Å². The van der Waals surface area contributed by atoms with Gasteiger partial charge in [-0.3, -0.25) is 39.9 Å². The minimum atomic E-state index is -4.79. The number of benzene rings is 6. The fraction of sp³-hybridized carbons (Fsp3) is 0.459. The molecule has 6 aromatic carbocycles. The maximum atomic E-state index is 13.0. The Labute approximate surface area is 671 Å². The third kappa shape index (κ3) is 30.8. The van der Waals surface area contributed by atoms with Gasteiger partial charge >= 0.3 is 25.6 Å².